The van der Waals surface area contributed by atoms with Crippen molar-refractivity contribution in [2.75, 3.05) is 43.9 Å². The van der Waals surface area contributed by atoms with Crippen LogP contribution in [0.5, 0.6) is 5.75 Å². The molecule has 0 radical (unpaired) electrons. The molecule has 1 amide bonds. The van der Waals surface area contributed by atoms with Gasteiger partial charge in [0.15, 0.2) is 0 Å². The van der Waals surface area contributed by atoms with Gasteiger partial charge in [0.05, 0.1) is 24.0 Å². The highest BCUT2D eigenvalue weighted by atomic mass is 16.5. The quantitative estimate of drug-likeness (QED) is 0.883. The fourth-order valence-electron chi connectivity index (χ4n) is 2.92. The van der Waals surface area contributed by atoms with Gasteiger partial charge in [-0.25, -0.2) is 0 Å². The van der Waals surface area contributed by atoms with Crippen molar-refractivity contribution in [1.29, 1.82) is 0 Å². The SMILES string of the molecule is COc1ccccc1C(=O)N1CCN(c2ccccc2N)CC1. The molecule has 2 aromatic carbocycles. The molecule has 0 aromatic heterocycles. The first-order valence-corrected chi connectivity index (χ1v) is 7.72. The second-order valence-electron chi connectivity index (χ2n) is 5.54. The number of methoxy groups -OCH3 is 1. The third kappa shape index (κ3) is 3.08. The molecule has 0 saturated carbocycles. The average molecular weight is 311 g/mol. The number of rotatable bonds is 3. The number of benzene rings is 2. The van der Waals surface area contributed by atoms with Crippen LogP contribution in [-0.4, -0.2) is 44.1 Å². The van der Waals surface area contributed by atoms with Gasteiger partial charge in [0, 0.05) is 26.2 Å². The third-order valence-corrected chi connectivity index (χ3v) is 4.18. The lowest BCUT2D eigenvalue weighted by Crippen LogP contribution is -2.49. The molecule has 5 heteroatoms. The maximum atomic E-state index is 12.7. The van der Waals surface area contributed by atoms with Gasteiger partial charge in [-0.1, -0.05) is 24.3 Å². The summed E-state index contributed by atoms with van der Waals surface area (Å²) >= 11 is 0. The van der Waals surface area contributed by atoms with Crippen molar-refractivity contribution in [1.82, 2.24) is 4.90 Å². The number of nitrogen functional groups attached to an aromatic ring is 1. The Bertz CT molecular complexity index is 694. The van der Waals surface area contributed by atoms with Crippen LogP contribution in [-0.2, 0) is 0 Å². The molecule has 5 nitrogen and oxygen atoms in total. The number of amides is 1. The Morgan fingerprint density at radius 3 is 2.35 bits per heavy atom. The number of carbonyl (C=O) groups excluding carboxylic acids is 1. The fourth-order valence-corrected chi connectivity index (χ4v) is 2.92. The molecular weight excluding hydrogens is 290 g/mol. The van der Waals surface area contributed by atoms with E-state index in [1.165, 1.54) is 0 Å². The largest absolute Gasteiger partial charge is 0.496 e. The van der Waals surface area contributed by atoms with Crippen molar-refractivity contribution < 1.29 is 9.53 Å². The summed E-state index contributed by atoms with van der Waals surface area (Å²) in [7, 11) is 1.59. The normalized spacial score (nSPS) is 14.7. The average Bonchev–Trinajstić information content (AvgIpc) is 2.61. The summed E-state index contributed by atoms with van der Waals surface area (Å²) in [5, 5.41) is 0. The van der Waals surface area contributed by atoms with Crippen LogP contribution in [0.1, 0.15) is 10.4 Å². The highest BCUT2D eigenvalue weighted by molar-refractivity contribution is 5.97. The van der Waals surface area contributed by atoms with Gasteiger partial charge in [-0.15, -0.1) is 0 Å². The smallest absolute Gasteiger partial charge is 0.257 e. The molecule has 1 heterocycles. The van der Waals surface area contributed by atoms with E-state index in [1.807, 2.05) is 53.4 Å². The predicted molar refractivity (Wildman–Crippen MR) is 92.0 cm³/mol. The Morgan fingerprint density at radius 1 is 1.00 bits per heavy atom. The van der Waals surface area contributed by atoms with Crippen molar-refractivity contribution in [2.45, 2.75) is 0 Å². The Morgan fingerprint density at radius 2 is 1.65 bits per heavy atom. The van der Waals surface area contributed by atoms with E-state index in [4.69, 9.17) is 10.5 Å². The van der Waals surface area contributed by atoms with E-state index in [2.05, 4.69) is 4.90 Å². The van der Waals surface area contributed by atoms with Crippen LogP contribution in [0, 0.1) is 0 Å². The van der Waals surface area contributed by atoms with Crippen molar-refractivity contribution in [2.24, 2.45) is 0 Å². The third-order valence-electron chi connectivity index (χ3n) is 4.18. The van der Waals surface area contributed by atoms with E-state index in [0.29, 0.717) is 24.4 Å². The topological polar surface area (TPSA) is 58.8 Å². The molecule has 0 bridgehead atoms. The number of hydrogen-bond donors (Lipinski definition) is 1. The Hall–Kier alpha value is -2.69. The number of anilines is 2. The van der Waals surface area contributed by atoms with Crippen LogP contribution in [0.3, 0.4) is 0 Å². The number of nitrogens with zero attached hydrogens (tertiary/aromatic N) is 2. The van der Waals surface area contributed by atoms with Gasteiger partial charge in [0.25, 0.3) is 5.91 Å². The molecule has 3 rings (SSSR count). The zero-order valence-electron chi connectivity index (χ0n) is 13.2. The van der Waals surface area contributed by atoms with E-state index >= 15 is 0 Å². The summed E-state index contributed by atoms with van der Waals surface area (Å²) in [5.74, 6) is 0.635. The maximum Gasteiger partial charge on any atom is 0.257 e. The molecule has 1 aliphatic heterocycles. The van der Waals surface area contributed by atoms with Gasteiger partial charge < -0.3 is 20.3 Å². The van der Waals surface area contributed by atoms with Gasteiger partial charge in [-0.3, -0.25) is 4.79 Å². The number of ether oxygens (including phenoxy) is 1. The van der Waals surface area contributed by atoms with Crippen LogP contribution in [0.15, 0.2) is 48.5 Å². The Labute approximate surface area is 136 Å². The summed E-state index contributed by atoms with van der Waals surface area (Å²) in [6, 6.07) is 15.2. The minimum Gasteiger partial charge on any atom is -0.496 e. The van der Waals surface area contributed by atoms with Crippen LogP contribution in [0.4, 0.5) is 11.4 Å². The molecule has 1 saturated heterocycles. The number of piperazine rings is 1. The predicted octanol–water partition coefficient (Wildman–Crippen LogP) is 2.24. The monoisotopic (exact) mass is 311 g/mol. The van der Waals surface area contributed by atoms with Crippen LogP contribution in [0.2, 0.25) is 0 Å². The van der Waals surface area contributed by atoms with Crippen molar-refractivity contribution in [3.63, 3.8) is 0 Å². The van der Waals surface area contributed by atoms with E-state index in [0.717, 1.165) is 24.5 Å². The summed E-state index contributed by atoms with van der Waals surface area (Å²) in [5.41, 5.74) is 8.46. The molecule has 120 valence electrons. The molecule has 2 N–H and O–H groups in total. The van der Waals surface area contributed by atoms with Gasteiger partial charge in [-0.05, 0) is 24.3 Å². The number of carbonyl (C=O) groups is 1. The summed E-state index contributed by atoms with van der Waals surface area (Å²) in [4.78, 5) is 16.8. The molecule has 0 unspecified atom stereocenters. The molecule has 23 heavy (non-hydrogen) atoms. The molecule has 0 aliphatic carbocycles. The minimum atomic E-state index is 0.0168. The zero-order valence-corrected chi connectivity index (χ0v) is 13.2. The van der Waals surface area contributed by atoms with E-state index in [9.17, 15) is 4.79 Å². The Kier molecular flexibility index (Phi) is 4.37. The first-order chi connectivity index (χ1) is 11.2. The van der Waals surface area contributed by atoms with Crippen LogP contribution in [0.25, 0.3) is 0 Å². The van der Waals surface area contributed by atoms with Gasteiger partial charge in [0.2, 0.25) is 0 Å². The van der Waals surface area contributed by atoms with Crippen molar-refractivity contribution >= 4 is 17.3 Å². The molecular formula is C18H21N3O2. The molecule has 0 atom stereocenters. The van der Waals surface area contributed by atoms with E-state index in [1.54, 1.807) is 7.11 Å². The summed E-state index contributed by atoms with van der Waals surface area (Å²) in [6.07, 6.45) is 0. The Balaban J connectivity index is 1.69. The highest BCUT2D eigenvalue weighted by Crippen LogP contribution is 2.25. The number of hydrogen-bond acceptors (Lipinski definition) is 4. The molecule has 0 spiro atoms. The zero-order chi connectivity index (χ0) is 16.2. The minimum absolute atomic E-state index is 0.0168. The van der Waals surface area contributed by atoms with Gasteiger partial charge in [0.1, 0.15) is 5.75 Å². The number of para-hydroxylation sites is 3. The lowest BCUT2D eigenvalue weighted by atomic mass is 10.1. The van der Waals surface area contributed by atoms with E-state index in [-0.39, 0.29) is 5.91 Å². The van der Waals surface area contributed by atoms with Gasteiger partial charge >= 0.3 is 0 Å². The fraction of sp³-hybridized carbons (Fsp3) is 0.278. The van der Waals surface area contributed by atoms with Crippen molar-refractivity contribution in [3.8, 4) is 5.75 Å². The number of nitrogens with two attached hydrogens (primary N) is 1. The molecule has 1 aliphatic rings. The van der Waals surface area contributed by atoms with Gasteiger partial charge in [-0.2, -0.15) is 0 Å². The summed E-state index contributed by atoms with van der Waals surface area (Å²) in [6.45, 7) is 2.89. The molecule has 2 aromatic rings. The first-order valence-electron chi connectivity index (χ1n) is 7.72. The van der Waals surface area contributed by atoms with Crippen molar-refractivity contribution in [3.05, 3.63) is 54.1 Å². The second-order valence-corrected chi connectivity index (χ2v) is 5.54. The summed E-state index contributed by atoms with van der Waals surface area (Å²) < 4.78 is 5.29. The second kappa shape index (κ2) is 6.60. The van der Waals surface area contributed by atoms with Crippen LogP contribution < -0.4 is 15.4 Å². The first kappa shape index (κ1) is 15.2. The highest BCUT2D eigenvalue weighted by Gasteiger charge is 2.24. The lowest BCUT2D eigenvalue weighted by Gasteiger charge is -2.36. The van der Waals surface area contributed by atoms with E-state index < -0.39 is 0 Å². The standard InChI is InChI=1S/C18H21N3O2/c1-23-17-9-5-2-6-14(17)18(22)21-12-10-20(11-13-21)16-8-4-3-7-15(16)19/h2-9H,10-13,19H2,1H3. The molecule has 1 fully saturated rings. The maximum absolute atomic E-state index is 12.7. The van der Waals surface area contributed by atoms with Crippen LogP contribution >= 0.6 is 0 Å². The lowest BCUT2D eigenvalue weighted by molar-refractivity contribution is 0.0743.